The number of anilines is 1. The molecule has 0 unspecified atom stereocenters. The predicted molar refractivity (Wildman–Crippen MR) is 94.8 cm³/mol. The van der Waals surface area contributed by atoms with E-state index in [1.165, 1.54) is 6.07 Å². The highest BCUT2D eigenvalue weighted by molar-refractivity contribution is 7.99. The molecule has 1 N–H and O–H groups in total. The second-order valence-electron chi connectivity index (χ2n) is 5.73. The summed E-state index contributed by atoms with van der Waals surface area (Å²) in [6.07, 6.45) is 0. The van der Waals surface area contributed by atoms with Crippen molar-refractivity contribution in [3.63, 3.8) is 0 Å². The Morgan fingerprint density at radius 2 is 1.96 bits per heavy atom. The highest BCUT2D eigenvalue weighted by Gasteiger charge is 2.32. The van der Waals surface area contributed by atoms with Crippen molar-refractivity contribution in [2.45, 2.75) is 5.37 Å². The van der Waals surface area contributed by atoms with E-state index in [-0.39, 0.29) is 17.1 Å². The zero-order valence-corrected chi connectivity index (χ0v) is 14.2. The van der Waals surface area contributed by atoms with Gasteiger partial charge in [0.1, 0.15) is 24.4 Å². The number of nitrogens with one attached hydrogen (secondary N) is 1. The third-order valence-electron chi connectivity index (χ3n) is 4.12. The van der Waals surface area contributed by atoms with Gasteiger partial charge in [-0.2, -0.15) is 0 Å². The molecule has 2 heterocycles. The molecule has 0 saturated carbocycles. The molecule has 7 heteroatoms. The van der Waals surface area contributed by atoms with Gasteiger partial charge in [-0.15, -0.1) is 11.8 Å². The topological polar surface area (TPSA) is 50.8 Å². The van der Waals surface area contributed by atoms with E-state index in [1.54, 1.807) is 34.9 Å². The number of thioether (sulfide) groups is 1. The number of fused-ring (bicyclic) bond motifs is 1. The summed E-state index contributed by atoms with van der Waals surface area (Å²) in [5.74, 6) is 1.80. The summed E-state index contributed by atoms with van der Waals surface area (Å²) in [6, 6.07) is 11.6. The summed E-state index contributed by atoms with van der Waals surface area (Å²) in [7, 11) is 0. The summed E-state index contributed by atoms with van der Waals surface area (Å²) in [5, 5.41) is 2.52. The van der Waals surface area contributed by atoms with Gasteiger partial charge in [0.25, 0.3) is 0 Å². The van der Waals surface area contributed by atoms with Gasteiger partial charge in [-0.25, -0.2) is 9.18 Å². The molecule has 2 amide bonds. The average molecular weight is 360 g/mol. The molecule has 130 valence electrons. The van der Waals surface area contributed by atoms with Crippen LogP contribution in [-0.4, -0.2) is 36.4 Å². The lowest BCUT2D eigenvalue weighted by atomic mass is 10.1. The molecule has 25 heavy (non-hydrogen) atoms. The van der Waals surface area contributed by atoms with Crippen LogP contribution in [0, 0.1) is 5.82 Å². The predicted octanol–water partition coefficient (Wildman–Crippen LogP) is 3.88. The van der Waals surface area contributed by atoms with Crippen LogP contribution in [0.2, 0.25) is 0 Å². The van der Waals surface area contributed by atoms with E-state index in [1.807, 2.05) is 18.2 Å². The number of para-hydroxylation sites is 1. The van der Waals surface area contributed by atoms with E-state index in [2.05, 4.69) is 5.32 Å². The number of halogens is 1. The molecule has 0 aliphatic carbocycles. The van der Waals surface area contributed by atoms with Crippen molar-refractivity contribution in [2.75, 3.05) is 30.8 Å². The van der Waals surface area contributed by atoms with Crippen molar-refractivity contribution in [1.29, 1.82) is 0 Å². The summed E-state index contributed by atoms with van der Waals surface area (Å²) in [4.78, 5) is 14.3. The largest absolute Gasteiger partial charge is 0.486 e. The van der Waals surface area contributed by atoms with Gasteiger partial charge in [-0.1, -0.05) is 18.2 Å². The molecular formula is C18H17FN2O3S. The minimum Gasteiger partial charge on any atom is -0.486 e. The fourth-order valence-corrected chi connectivity index (χ4v) is 4.16. The Bertz CT molecular complexity index is 802. The van der Waals surface area contributed by atoms with Crippen LogP contribution in [0.4, 0.5) is 14.9 Å². The summed E-state index contributed by atoms with van der Waals surface area (Å²) < 4.78 is 24.9. The molecule has 1 atom stereocenters. The van der Waals surface area contributed by atoms with Crippen LogP contribution in [-0.2, 0) is 0 Å². The Morgan fingerprint density at radius 3 is 2.80 bits per heavy atom. The highest BCUT2D eigenvalue weighted by Crippen LogP contribution is 2.41. The quantitative estimate of drug-likeness (QED) is 0.883. The minimum atomic E-state index is -0.446. The lowest BCUT2D eigenvalue weighted by Gasteiger charge is -2.26. The smallest absolute Gasteiger partial charge is 0.323 e. The van der Waals surface area contributed by atoms with Gasteiger partial charge in [-0.3, -0.25) is 0 Å². The van der Waals surface area contributed by atoms with Crippen LogP contribution in [0.5, 0.6) is 11.5 Å². The van der Waals surface area contributed by atoms with Crippen molar-refractivity contribution in [3.8, 4) is 11.5 Å². The number of amides is 2. The zero-order chi connectivity index (χ0) is 17.2. The molecule has 5 nitrogen and oxygen atoms in total. The van der Waals surface area contributed by atoms with Gasteiger partial charge in [-0.05, 0) is 29.8 Å². The molecule has 0 spiro atoms. The zero-order valence-electron chi connectivity index (χ0n) is 13.4. The Hall–Kier alpha value is -2.41. The summed E-state index contributed by atoms with van der Waals surface area (Å²) in [5.41, 5.74) is 1.15. The van der Waals surface area contributed by atoms with E-state index in [4.69, 9.17) is 9.47 Å². The second kappa shape index (κ2) is 6.84. The number of carbonyl (C=O) groups excluding carboxylic acids is 1. The number of benzene rings is 2. The van der Waals surface area contributed by atoms with Crippen LogP contribution in [0.1, 0.15) is 10.9 Å². The number of carbonyl (C=O) groups is 1. The Balaban J connectivity index is 1.54. The Morgan fingerprint density at radius 1 is 1.16 bits per heavy atom. The fraction of sp³-hybridized carbons (Fsp3) is 0.278. The molecule has 1 fully saturated rings. The van der Waals surface area contributed by atoms with Crippen molar-refractivity contribution in [2.24, 2.45) is 0 Å². The third kappa shape index (κ3) is 3.24. The molecule has 0 radical (unpaired) electrons. The number of hydrogen-bond acceptors (Lipinski definition) is 4. The normalized spacial score (nSPS) is 18.9. The van der Waals surface area contributed by atoms with E-state index < -0.39 is 5.82 Å². The monoisotopic (exact) mass is 360 g/mol. The van der Waals surface area contributed by atoms with Gasteiger partial charge < -0.3 is 19.7 Å². The van der Waals surface area contributed by atoms with Crippen molar-refractivity contribution >= 4 is 23.5 Å². The first kappa shape index (κ1) is 16.1. The Labute approximate surface area is 149 Å². The average Bonchev–Trinajstić information content (AvgIpc) is 3.13. The van der Waals surface area contributed by atoms with Crippen LogP contribution < -0.4 is 14.8 Å². The molecule has 0 aromatic heterocycles. The molecule has 2 aromatic carbocycles. The van der Waals surface area contributed by atoms with Crippen molar-refractivity contribution < 1.29 is 18.7 Å². The molecule has 0 bridgehead atoms. The van der Waals surface area contributed by atoms with Crippen LogP contribution in [0.25, 0.3) is 0 Å². The van der Waals surface area contributed by atoms with Crippen LogP contribution >= 0.6 is 11.8 Å². The molecule has 2 aliphatic heterocycles. The SMILES string of the molecule is O=C(Nc1ccccc1F)N1CCS[C@H]1c1ccc2c(c1)OCCO2. The number of ether oxygens (including phenoxy) is 2. The van der Waals surface area contributed by atoms with Gasteiger partial charge in [0.2, 0.25) is 0 Å². The number of nitrogens with zero attached hydrogens (tertiary/aromatic N) is 1. The Kier molecular flexibility index (Phi) is 4.40. The first-order chi connectivity index (χ1) is 12.2. The van der Waals surface area contributed by atoms with Crippen LogP contribution in [0.3, 0.4) is 0 Å². The lowest BCUT2D eigenvalue weighted by molar-refractivity contribution is 0.171. The van der Waals surface area contributed by atoms with Crippen molar-refractivity contribution in [3.05, 3.63) is 53.8 Å². The third-order valence-corrected chi connectivity index (χ3v) is 5.38. The second-order valence-corrected chi connectivity index (χ2v) is 6.92. The number of urea groups is 1. The van der Waals surface area contributed by atoms with Gasteiger partial charge in [0.15, 0.2) is 11.5 Å². The highest BCUT2D eigenvalue weighted by atomic mass is 32.2. The van der Waals surface area contributed by atoms with Gasteiger partial charge in [0.05, 0.1) is 5.69 Å². The summed E-state index contributed by atoms with van der Waals surface area (Å²) >= 11 is 1.67. The maximum atomic E-state index is 13.8. The van der Waals surface area contributed by atoms with E-state index >= 15 is 0 Å². The van der Waals surface area contributed by atoms with E-state index in [0.717, 1.165) is 17.1 Å². The maximum Gasteiger partial charge on any atom is 0.323 e. The maximum absolute atomic E-state index is 13.8. The molecular weight excluding hydrogens is 343 g/mol. The van der Waals surface area contributed by atoms with E-state index in [0.29, 0.717) is 25.5 Å². The number of rotatable bonds is 2. The fourth-order valence-electron chi connectivity index (χ4n) is 2.92. The van der Waals surface area contributed by atoms with Gasteiger partial charge in [0, 0.05) is 12.3 Å². The van der Waals surface area contributed by atoms with Crippen molar-refractivity contribution in [1.82, 2.24) is 4.90 Å². The minimum absolute atomic E-state index is 0.136. The summed E-state index contributed by atoms with van der Waals surface area (Å²) in [6.45, 7) is 1.66. The molecule has 2 aliphatic rings. The van der Waals surface area contributed by atoms with Crippen LogP contribution in [0.15, 0.2) is 42.5 Å². The standard InChI is InChI=1S/C18H17FN2O3S/c19-13-3-1-2-4-14(13)20-18(22)21-7-10-25-17(21)12-5-6-15-16(11-12)24-9-8-23-15/h1-6,11,17H,7-10H2,(H,20,22)/t17-/m0/s1. The van der Waals surface area contributed by atoms with Gasteiger partial charge >= 0.3 is 6.03 Å². The first-order valence-electron chi connectivity index (χ1n) is 8.06. The lowest BCUT2D eigenvalue weighted by Crippen LogP contribution is -2.34. The molecule has 2 aromatic rings. The molecule has 4 rings (SSSR count). The number of hydrogen-bond donors (Lipinski definition) is 1. The van der Waals surface area contributed by atoms with E-state index in [9.17, 15) is 9.18 Å². The first-order valence-corrected chi connectivity index (χ1v) is 9.10. The molecule has 1 saturated heterocycles.